The van der Waals surface area contributed by atoms with Gasteiger partial charge in [-0.15, -0.1) is 0 Å². The van der Waals surface area contributed by atoms with Crippen molar-refractivity contribution < 1.29 is 32.7 Å². The molecule has 9 rings (SSSR count). The molecule has 7 aromatic rings. The number of likely N-dealkylation sites (tertiary alicyclic amines) is 2. The summed E-state index contributed by atoms with van der Waals surface area (Å²) in [7, 11) is -3.97. The molecule has 0 radical (unpaired) electrons. The lowest BCUT2D eigenvalue weighted by molar-refractivity contribution is -0.131. The largest absolute Gasteiger partial charge is 0.478 e. The third kappa shape index (κ3) is 12.1. The van der Waals surface area contributed by atoms with Crippen molar-refractivity contribution in [2.75, 3.05) is 60.5 Å². The highest BCUT2D eigenvalue weighted by atomic mass is 35.5. The van der Waals surface area contributed by atoms with Gasteiger partial charge in [0, 0.05) is 105 Å². The van der Waals surface area contributed by atoms with Crippen LogP contribution in [0.15, 0.2) is 102 Å². The molecule has 2 atom stereocenters. The van der Waals surface area contributed by atoms with Crippen LogP contribution < -0.4 is 27.0 Å². The highest BCUT2D eigenvalue weighted by Gasteiger charge is 2.29. The number of carboxylic acids is 1. The number of aromatic carboxylic acids is 1. The normalized spacial score (nSPS) is 15.9. The number of nitrogens with one attached hydrogen (secondary N) is 5. The maximum Gasteiger partial charge on any atom is 0.339 e. The smallest absolute Gasteiger partial charge is 0.339 e. The number of aromatic nitrogens is 4. The minimum Gasteiger partial charge on any atom is -0.478 e. The Morgan fingerprint density at radius 1 is 0.722 bits per heavy atom. The van der Waals surface area contributed by atoms with Crippen LogP contribution in [0.25, 0.3) is 22.1 Å². The van der Waals surface area contributed by atoms with Gasteiger partial charge in [0.05, 0.1) is 34.9 Å². The zero-order valence-electron chi connectivity index (χ0n) is 38.6. The number of carbonyl (C=O) groups excluding carboxylic acids is 3. The number of fused-ring (bicyclic) bond motifs is 2. The van der Waals surface area contributed by atoms with Crippen LogP contribution in [0.3, 0.4) is 0 Å². The van der Waals surface area contributed by atoms with E-state index < -0.39 is 21.9 Å². The molecule has 0 aliphatic carbocycles. The quantitative estimate of drug-likeness (QED) is 0.0540. The maximum absolute atomic E-state index is 13.4. The summed E-state index contributed by atoms with van der Waals surface area (Å²) in [5, 5.41) is 25.8. The second kappa shape index (κ2) is 22.3. The van der Waals surface area contributed by atoms with Crippen LogP contribution in [0.1, 0.15) is 52.0 Å². The molecule has 3 amide bonds. The van der Waals surface area contributed by atoms with Gasteiger partial charge in [0.1, 0.15) is 11.2 Å². The number of aromatic amines is 1. The van der Waals surface area contributed by atoms with E-state index in [-0.39, 0.29) is 58.8 Å². The van der Waals surface area contributed by atoms with Crippen LogP contribution in [-0.4, -0.2) is 117 Å². The number of carbonyl (C=O) groups is 4. The Balaban J connectivity index is 0.000000200. The summed E-state index contributed by atoms with van der Waals surface area (Å²) in [5.41, 5.74) is 9.69. The Morgan fingerprint density at radius 3 is 1.75 bits per heavy atom. The summed E-state index contributed by atoms with van der Waals surface area (Å²) in [6, 6.07) is 19.6. The molecule has 2 aliphatic heterocycles. The molecule has 2 aliphatic rings. The summed E-state index contributed by atoms with van der Waals surface area (Å²) in [4.78, 5) is 64.9. The fraction of sp³-hybridized carbons (Fsp3) is 0.265. The predicted octanol–water partition coefficient (Wildman–Crippen LogP) is 8.59. The van der Waals surface area contributed by atoms with Gasteiger partial charge in [0.25, 0.3) is 15.9 Å². The number of nitrogens with two attached hydrogens (primary N) is 1. The lowest BCUT2D eigenvalue weighted by atomic mass is 10.0. The monoisotopic (exact) mass is 1080 g/mol. The summed E-state index contributed by atoms with van der Waals surface area (Å²) in [6.45, 7) is 4.10. The molecule has 2 fully saturated rings. The average Bonchev–Trinajstić information content (AvgIpc) is 4.02. The van der Waals surface area contributed by atoms with Gasteiger partial charge in [-0.3, -0.25) is 14.4 Å². The van der Waals surface area contributed by atoms with Crippen molar-refractivity contribution >= 4 is 125 Å². The highest BCUT2D eigenvalue weighted by Crippen LogP contribution is 2.32. The molecule has 3 aromatic carbocycles. The first-order valence-electron chi connectivity index (χ1n) is 22.7. The molecule has 0 saturated carbocycles. The number of pyridine rings is 2. The van der Waals surface area contributed by atoms with Crippen molar-refractivity contribution in [3.05, 3.63) is 134 Å². The van der Waals surface area contributed by atoms with E-state index in [4.69, 9.17) is 52.1 Å². The number of carboxylic acid groups (broad SMARTS) is 1. The first-order valence-corrected chi connectivity index (χ1v) is 25.7. The number of nitrogens with zero attached hydrogens (tertiary/aromatic N) is 5. The van der Waals surface area contributed by atoms with E-state index in [1.54, 1.807) is 64.5 Å². The lowest BCUT2D eigenvalue weighted by Gasteiger charge is -2.34. The van der Waals surface area contributed by atoms with Gasteiger partial charge < -0.3 is 46.9 Å². The van der Waals surface area contributed by atoms with Crippen LogP contribution in [0.5, 0.6) is 0 Å². The summed E-state index contributed by atoms with van der Waals surface area (Å²) >= 11 is 24.1. The van der Waals surface area contributed by atoms with Gasteiger partial charge in [0.2, 0.25) is 11.8 Å². The van der Waals surface area contributed by atoms with Crippen LogP contribution >= 0.6 is 46.4 Å². The van der Waals surface area contributed by atoms with E-state index in [1.165, 1.54) is 30.6 Å². The van der Waals surface area contributed by atoms with Gasteiger partial charge in [0.15, 0.2) is 5.65 Å². The lowest BCUT2D eigenvalue weighted by Crippen LogP contribution is -2.47. The van der Waals surface area contributed by atoms with Crippen molar-refractivity contribution in [2.24, 2.45) is 5.73 Å². The molecular formula is C49H49Cl4N11O7S. The van der Waals surface area contributed by atoms with Crippen LogP contribution in [-0.2, 0) is 19.6 Å². The van der Waals surface area contributed by atoms with Crippen molar-refractivity contribution in [3.8, 4) is 0 Å². The number of primary amides is 1. The van der Waals surface area contributed by atoms with Crippen molar-refractivity contribution in [2.45, 2.75) is 49.6 Å². The third-order valence-corrected chi connectivity index (χ3v) is 14.8. The van der Waals surface area contributed by atoms with E-state index in [0.29, 0.717) is 92.8 Å². The molecule has 0 bridgehead atoms. The number of amides is 3. The highest BCUT2D eigenvalue weighted by molar-refractivity contribution is 7.90. The van der Waals surface area contributed by atoms with Crippen molar-refractivity contribution in [1.82, 2.24) is 28.7 Å². The Morgan fingerprint density at radius 2 is 1.24 bits per heavy atom. The second-order valence-corrected chi connectivity index (χ2v) is 20.9. The van der Waals surface area contributed by atoms with Crippen LogP contribution in [0, 0.1) is 6.92 Å². The van der Waals surface area contributed by atoms with Crippen LogP contribution in [0.2, 0.25) is 20.1 Å². The molecule has 18 nitrogen and oxygen atoms in total. The van der Waals surface area contributed by atoms with Gasteiger partial charge in [-0.2, -0.15) is 0 Å². The van der Waals surface area contributed by atoms with Gasteiger partial charge in [-0.05, 0) is 93.3 Å². The Bertz CT molecular complexity index is 3260. The Labute approximate surface area is 434 Å². The number of H-pyrrole nitrogens is 1. The third-order valence-electron chi connectivity index (χ3n) is 12.2. The van der Waals surface area contributed by atoms with Gasteiger partial charge >= 0.3 is 5.97 Å². The van der Waals surface area contributed by atoms with E-state index in [2.05, 4.69) is 36.2 Å². The zero-order valence-corrected chi connectivity index (χ0v) is 42.4. The number of anilines is 4. The van der Waals surface area contributed by atoms with E-state index in [0.717, 1.165) is 34.0 Å². The Hall–Kier alpha value is -6.77. The maximum atomic E-state index is 13.4. The van der Waals surface area contributed by atoms with E-state index >= 15 is 0 Å². The molecule has 6 heterocycles. The zero-order chi connectivity index (χ0) is 51.3. The second-order valence-electron chi connectivity index (χ2n) is 17.3. The topological polar surface area (TPSA) is 250 Å². The number of benzene rings is 3. The fourth-order valence-electron chi connectivity index (χ4n) is 8.69. The number of halogens is 4. The molecule has 8 N–H and O–H groups in total. The van der Waals surface area contributed by atoms with Gasteiger partial charge in [-0.1, -0.05) is 64.1 Å². The summed E-state index contributed by atoms with van der Waals surface area (Å²) in [6.07, 6.45) is 8.85. The number of hydrogen-bond acceptors (Lipinski definition) is 12. The van der Waals surface area contributed by atoms with Crippen molar-refractivity contribution in [3.63, 3.8) is 0 Å². The van der Waals surface area contributed by atoms with E-state index in [1.807, 2.05) is 13.0 Å². The van der Waals surface area contributed by atoms with E-state index in [9.17, 15) is 32.7 Å². The molecule has 0 spiro atoms. The predicted molar refractivity (Wildman–Crippen MR) is 281 cm³/mol. The molecular weight excluding hydrogens is 1030 g/mol. The molecule has 2 saturated heterocycles. The molecule has 23 heteroatoms. The minimum atomic E-state index is -3.97. The first-order chi connectivity index (χ1) is 34.4. The summed E-state index contributed by atoms with van der Waals surface area (Å²) < 4.78 is 27.8. The fourth-order valence-corrected chi connectivity index (χ4v) is 11.0. The molecule has 376 valence electrons. The SMILES string of the molecule is Cc1ccc(S(=O)(=O)n2ccc3c(N[C@@H]4CCCN(C(=O)CNc5cc(Cl)cc(Cl)c5)C4)c(C(=O)O)cnc32)cc1.NC(=O)c1cnc2[nH]ccc2c1N[C@@H]1CCCN(C(=O)CNc2cc(Cl)cc(Cl)c2)C1. The number of rotatable bonds is 14. The first kappa shape index (κ1) is 51.6. The average molecular weight is 1080 g/mol. The van der Waals surface area contributed by atoms with Crippen LogP contribution in [0.4, 0.5) is 22.7 Å². The summed E-state index contributed by atoms with van der Waals surface area (Å²) in [5.74, 6) is -1.92. The molecule has 72 heavy (non-hydrogen) atoms. The number of aryl methyl sites for hydroxylation is 1. The molecule has 4 aromatic heterocycles. The minimum absolute atomic E-state index is 0.0167. The number of piperidine rings is 2. The van der Waals surface area contributed by atoms with Crippen molar-refractivity contribution in [1.29, 1.82) is 0 Å². The number of hydrogen-bond donors (Lipinski definition) is 7. The van der Waals surface area contributed by atoms with Gasteiger partial charge in [-0.25, -0.2) is 27.2 Å². The standard InChI is InChI=1S/C28H27Cl2N5O5S.C21H22Cl2N6O2/c1-17-4-6-22(7-5-17)41(39,40)35-10-8-23-26(24(28(37)38)14-32-27(23)35)33-20-3-2-9-34(16-20)25(36)15-31-21-12-18(29)11-19(30)13-21;22-12-6-13(23)8-15(7-12)26-10-18(30)29-5-1-2-14(11-29)28-19-16-3-4-25-21(16)27-9-17(19)20(24)31/h4-8,10-14,20,31H,2-3,9,15-16H2,1H3,(H,32,33)(H,37,38);3-4,6-9,14,26H,1-2,5,10-11H2,(H2,24,31)(H2,25,27,28)/t20-;14-/m11/s1. The Kier molecular flexibility index (Phi) is 16.0. The molecule has 0 unspecified atom stereocenters.